The summed E-state index contributed by atoms with van der Waals surface area (Å²) >= 11 is 0. The summed E-state index contributed by atoms with van der Waals surface area (Å²) in [7, 11) is 0. The lowest BCUT2D eigenvalue weighted by Gasteiger charge is -2.20. The maximum absolute atomic E-state index is 12.8. The minimum absolute atomic E-state index is 0.160. The van der Waals surface area contributed by atoms with E-state index in [1.807, 2.05) is 36.4 Å². The van der Waals surface area contributed by atoms with E-state index in [9.17, 15) is 14.4 Å². The first-order chi connectivity index (χ1) is 12.1. The molecule has 2 saturated heterocycles. The van der Waals surface area contributed by atoms with Gasteiger partial charge in [-0.3, -0.25) is 19.7 Å². The van der Waals surface area contributed by atoms with Crippen molar-refractivity contribution in [3.63, 3.8) is 0 Å². The molecule has 6 heteroatoms. The van der Waals surface area contributed by atoms with Gasteiger partial charge < -0.3 is 4.90 Å². The normalized spacial score (nSPS) is 22.5. The molecule has 126 valence electrons. The standard InChI is InChI=1S/C19H17N3O3/c23-16-11-19(18(25)21-16)9-10-22(12-19)17(24)15-8-4-7-14(20-15)13-5-2-1-3-6-13/h1-8H,9-12H2,(H,21,23,25)/t19-/m1/s1. The van der Waals surface area contributed by atoms with Crippen LogP contribution in [0.2, 0.25) is 0 Å². The first kappa shape index (κ1) is 15.5. The summed E-state index contributed by atoms with van der Waals surface area (Å²) in [4.78, 5) is 42.5. The molecule has 2 aliphatic rings. The van der Waals surface area contributed by atoms with Crippen molar-refractivity contribution >= 4 is 17.7 Å². The Morgan fingerprint density at radius 3 is 2.60 bits per heavy atom. The smallest absolute Gasteiger partial charge is 0.272 e. The number of hydrogen-bond donors (Lipinski definition) is 1. The summed E-state index contributed by atoms with van der Waals surface area (Å²) < 4.78 is 0. The molecule has 1 N–H and O–H groups in total. The molecule has 0 unspecified atom stereocenters. The van der Waals surface area contributed by atoms with Gasteiger partial charge in [-0.2, -0.15) is 0 Å². The van der Waals surface area contributed by atoms with Crippen LogP contribution in [0.4, 0.5) is 0 Å². The van der Waals surface area contributed by atoms with Crippen molar-refractivity contribution in [2.24, 2.45) is 5.41 Å². The van der Waals surface area contributed by atoms with Crippen LogP contribution < -0.4 is 5.32 Å². The molecule has 3 amide bonds. The lowest BCUT2D eigenvalue weighted by atomic mass is 9.85. The van der Waals surface area contributed by atoms with Crippen LogP contribution in [0.1, 0.15) is 23.3 Å². The lowest BCUT2D eigenvalue weighted by molar-refractivity contribution is -0.128. The third-order valence-electron chi connectivity index (χ3n) is 4.91. The van der Waals surface area contributed by atoms with Gasteiger partial charge in [-0.1, -0.05) is 36.4 Å². The quantitative estimate of drug-likeness (QED) is 0.846. The van der Waals surface area contributed by atoms with Crippen molar-refractivity contribution in [2.45, 2.75) is 12.8 Å². The Kier molecular flexibility index (Phi) is 3.60. The van der Waals surface area contributed by atoms with Crippen molar-refractivity contribution in [1.29, 1.82) is 0 Å². The molecule has 2 aliphatic heterocycles. The van der Waals surface area contributed by atoms with Gasteiger partial charge in [0.1, 0.15) is 5.69 Å². The van der Waals surface area contributed by atoms with E-state index in [2.05, 4.69) is 10.3 Å². The van der Waals surface area contributed by atoms with E-state index in [-0.39, 0.29) is 30.7 Å². The van der Waals surface area contributed by atoms with Crippen LogP contribution in [0.5, 0.6) is 0 Å². The van der Waals surface area contributed by atoms with E-state index in [0.717, 1.165) is 11.3 Å². The van der Waals surface area contributed by atoms with Gasteiger partial charge >= 0.3 is 0 Å². The summed E-state index contributed by atoms with van der Waals surface area (Å²) in [5.74, 6) is -0.732. The van der Waals surface area contributed by atoms with Gasteiger partial charge in [-0.05, 0) is 18.6 Å². The van der Waals surface area contributed by atoms with Crippen molar-refractivity contribution in [3.05, 3.63) is 54.2 Å². The first-order valence-electron chi connectivity index (χ1n) is 8.23. The van der Waals surface area contributed by atoms with Crippen LogP contribution in [0.25, 0.3) is 11.3 Å². The number of imide groups is 1. The predicted octanol–water partition coefficient (Wildman–Crippen LogP) is 1.63. The number of aromatic nitrogens is 1. The molecular formula is C19H17N3O3. The monoisotopic (exact) mass is 335 g/mol. The Hall–Kier alpha value is -3.02. The third-order valence-corrected chi connectivity index (χ3v) is 4.91. The molecule has 2 aromatic rings. The highest BCUT2D eigenvalue weighted by atomic mass is 16.2. The number of benzene rings is 1. The summed E-state index contributed by atoms with van der Waals surface area (Å²) in [5, 5.41) is 2.35. The van der Waals surface area contributed by atoms with Crippen molar-refractivity contribution in [3.8, 4) is 11.3 Å². The molecule has 4 rings (SSSR count). The second-order valence-corrected chi connectivity index (χ2v) is 6.59. The average molecular weight is 335 g/mol. The summed E-state index contributed by atoms with van der Waals surface area (Å²) in [6.45, 7) is 0.720. The molecule has 25 heavy (non-hydrogen) atoms. The van der Waals surface area contributed by atoms with Crippen molar-refractivity contribution < 1.29 is 14.4 Å². The van der Waals surface area contributed by atoms with E-state index in [4.69, 9.17) is 0 Å². The van der Waals surface area contributed by atoms with Gasteiger partial charge in [0.25, 0.3) is 5.91 Å². The van der Waals surface area contributed by atoms with E-state index < -0.39 is 5.41 Å². The zero-order chi connectivity index (χ0) is 17.4. The fraction of sp³-hybridized carbons (Fsp3) is 0.263. The summed E-state index contributed by atoms with van der Waals surface area (Å²) in [5.41, 5.74) is 1.26. The van der Waals surface area contributed by atoms with E-state index >= 15 is 0 Å². The topological polar surface area (TPSA) is 79.4 Å². The molecule has 0 aliphatic carbocycles. The Bertz CT molecular complexity index is 865. The average Bonchev–Trinajstić information content (AvgIpc) is 3.18. The second kappa shape index (κ2) is 5.81. The van der Waals surface area contributed by atoms with Gasteiger partial charge in [-0.25, -0.2) is 4.98 Å². The number of pyridine rings is 1. The zero-order valence-electron chi connectivity index (χ0n) is 13.6. The maximum atomic E-state index is 12.8. The number of carbonyl (C=O) groups is 3. The van der Waals surface area contributed by atoms with Gasteiger partial charge in [0.2, 0.25) is 11.8 Å². The summed E-state index contributed by atoms with van der Waals surface area (Å²) in [6, 6.07) is 15.0. The number of hydrogen-bond acceptors (Lipinski definition) is 4. The number of carbonyl (C=O) groups excluding carboxylic acids is 3. The Labute approximate surface area is 144 Å². The highest BCUT2D eigenvalue weighted by Crippen LogP contribution is 2.38. The Morgan fingerprint density at radius 1 is 1.08 bits per heavy atom. The number of likely N-dealkylation sites (tertiary alicyclic amines) is 1. The van der Waals surface area contributed by atoms with Crippen LogP contribution in [0, 0.1) is 5.41 Å². The maximum Gasteiger partial charge on any atom is 0.272 e. The van der Waals surface area contributed by atoms with E-state index in [1.165, 1.54) is 0 Å². The van der Waals surface area contributed by atoms with Crippen LogP contribution in [-0.4, -0.2) is 40.7 Å². The molecule has 3 heterocycles. The molecule has 1 aromatic heterocycles. The third kappa shape index (κ3) is 2.69. The second-order valence-electron chi connectivity index (χ2n) is 6.59. The van der Waals surface area contributed by atoms with Crippen LogP contribution >= 0.6 is 0 Å². The molecule has 1 aromatic carbocycles. The van der Waals surface area contributed by atoms with Gasteiger partial charge in [0, 0.05) is 25.1 Å². The lowest BCUT2D eigenvalue weighted by Crippen LogP contribution is -2.37. The van der Waals surface area contributed by atoms with Gasteiger partial charge in [-0.15, -0.1) is 0 Å². The number of rotatable bonds is 2. The highest BCUT2D eigenvalue weighted by Gasteiger charge is 2.51. The van der Waals surface area contributed by atoms with E-state index in [0.29, 0.717) is 18.7 Å². The number of nitrogens with zero attached hydrogens (tertiary/aromatic N) is 2. The Morgan fingerprint density at radius 2 is 1.88 bits per heavy atom. The molecule has 1 atom stereocenters. The minimum atomic E-state index is -0.760. The molecule has 0 radical (unpaired) electrons. The van der Waals surface area contributed by atoms with Gasteiger partial charge in [0.15, 0.2) is 0 Å². The van der Waals surface area contributed by atoms with Crippen molar-refractivity contribution in [1.82, 2.24) is 15.2 Å². The fourth-order valence-corrected chi connectivity index (χ4v) is 3.55. The molecule has 1 spiro atoms. The predicted molar refractivity (Wildman–Crippen MR) is 90.4 cm³/mol. The number of amides is 3. The molecular weight excluding hydrogens is 318 g/mol. The SMILES string of the molecule is O=C1C[C@@]2(CCN(C(=O)c3cccc(-c4ccccc4)n3)C2)C(=O)N1. The van der Waals surface area contributed by atoms with E-state index in [1.54, 1.807) is 17.0 Å². The molecule has 6 nitrogen and oxygen atoms in total. The zero-order valence-corrected chi connectivity index (χ0v) is 13.6. The minimum Gasteiger partial charge on any atom is -0.336 e. The molecule has 2 fully saturated rings. The molecule has 0 bridgehead atoms. The fourth-order valence-electron chi connectivity index (χ4n) is 3.55. The Balaban J connectivity index is 1.56. The number of nitrogens with one attached hydrogen (secondary N) is 1. The summed E-state index contributed by atoms with van der Waals surface area (Å²) in [6.07, 6.45) is 0.668. The van der Waals surface area contributed by atoms with Crippen LogP contribution in [0.3, 0.4) is 0 Å². The van der Waals surface area contributed by atoms with Crippen molar-refractivity contribution in [2.75, 3.05) is 13.1 Å². The van der Waals surface area contributed by atoms with Crippen LogP contribution in [0.15, 0.2) is 48.5 Å². The molecule has 0 saturated carbocycles. The largest absolute Gasteiger partial charge is 0.336 e. The first-order valence-corrected chi connectivity index (χ1v) is 8.23. The van der Waals surface area contributed by atoms with Gasteiger partial charge in [0.05, 0.1) is 11.1 Å². The highest BCUT2D eigenvalue weighted by molar-refractivity contribution is 6.06. The van der Waals surface area contributed by atoms with Crippen LogP contribution in [-0.2, 0) is 9.59 Å².